The Kier molecular flexibility index (Phi) is 8.18. The van der Waals surface area contributed by atoms with Crippen LogP contribution in [0.2, 0.25) is 0 Å². The number of hydrogen-bond donors (Lipinski definition) is 4. The minimum absolute atomic E-state index is 0.0516. The Bertz CT molecular complexity index is 312. The zero-order valence-corrected chi connectivity index (χ0v) is 12.8. The van der Waals surface area contributed by atoms with Crippen molar-refractivity contribution in [3.8, 4) is 0 Å². The molecule has 1 aliphatic heterocycles. The van der Waals surface area contributed by atoms with Gasteiger partial charge in [0.05, 0.1) is 0 Å². The van der Waals surface area contributed by atoms with Gasteiger partial charge >= 0.3 is 0 Å². The van der Waals surface area contributed by atoms with E-state index < -0.39 is 30.3 Å². The monoisotopic (exact) mass is 303 g/mol. The predicted octanol–water partition coefficient (Wildman–Crippen LogP) is 0.0228. The SMILES string of the molecule is CCCCCCCCCN1C[C@@H](O)[C@@H](O)[C@H](O)[C@@H](O)C1=O. The molecule has 0 radical (unpaired) electrons. The Morgan fingerprint density at radius 1 is 0.952 bits per heavy atom. The lowest BCUT2D eigenvalue weighted by atomic mass is 10.1. The maximum absolute atomic E-state index is 11.9. The first-order chi connectivity index (χ1) is 9.99. The molecule has 21 heavy (non-hydrogen) atoms. The topological polar surface area (TPSA) is 101 Å². The molecule has 6 nitrogen and oxygen atoms in total. The number of carbonyl (C=O) groups is 1. The summed E-state index contributed by atoms with van der Waals surface area (Å²) in [6.07, 6.45) is 1.75. The van der Waals surface area contributed by atoms with E-state index in [1.807, 2.05) is 0 Å². The second-order valence-electron chi connectivity index (χ2n) is 5.90. The van der Waals surface area contributed by atoms with E-state index in [0.717, 1.165) is 19.3 Å². The number of β-amino-alcohol motifs (C(OH)–C–C–N with tert-alkyl or cyclic N) is 1. The van der Waals surface area contributed by atoms with Crippen molar-refractivity contribution < 1.29 is 25.2 Å². The van der Waals surface area contributed by atoms with Crippen molar-refractivity contribution in [2.75, 3.05) is 13.1 Å². The molecular formula is C15H29NO5. The molecule has 124 valence electrons. The molecule has 1 aliphatic rings. The molecule has 0 saturated carbocycles. The van der Waals surface area contributed by atoms with E-state index in [2.05, 4.69) is 6.92 Å². The van der Waals surface area contributed by atoms with E-state index in [9.17, 15) is 25.2 Å². The maximum atomic E-state index is 11.9. The first kappa shape index (κ1) is 18.4. The summed E-state index contributed by atoms with van der Waals surface area (Å²) in [5.41, 5.74) is 0. The van der Waals surface area contributed by atoms with Gasteiger partial charge < -0.3 is 25.3 Å². The van der Waals surface area contributed by atoms with E-state index >= 15 is 0 Å². The lowest BCUT2D eigenvalue weighted by molar-refractivity contribution is -0.147. The summed E-state index contributed by atoms with van der Waals surface area (Å²) in [6.45, 7) is 2.55. The maximum Gasteiger partial charge on any atom is 0.254 e. The van der Waals surface area contributed by atoms with Crippen molar-refractivity contribution in [2.45, 2.75) is 76.3 Å². The zero-order valence-electron chi connectivity index (χ0n) is 12.8. The summed E-state index contributed by atoms with van der Waals surface area (Å²) in [7, 11) is 0. The molecule has 1 amide bonds. The third-order valence-corrected chi connectivity index (χ3v) is 4.07. The van der Waals surface area contributed by atoms with Crippen LogP contribution in [0, 0.1) is 0 Å². The fourth-order valence-corrected chi connectivity index (χ4v) is 2.63. The quantitative estimate of drug-likeness (QED) is 0.474. The van der Waals surface area contributed by atoms with Gasteiger partial charge in [0.25, 0.3) is 5.91 Å². The van der Waals surface area contributed by atoms with Gasteiger partial charge in [0, 0.05) is 13.1 Å². The van der Waals surface area contributed by atoms with Gasteiger partial charge in [-0.15, -0.1) is 0 Å². The Morgan fingerprint density at radius 2 is 1.52 bits per heavy atom. The number of aliphatic hydroxyl groups is 4. The summed E-state index contributed by atoms with van der Waals surface area (Å²) < 4.78 is 0. The van der Waals surface area contributed by atoms with Crippen molar-refractivity contribution in [3.63, 3.8) is 0 Å². The van der Waals surface area contributed by atoms with Crippen LogP contribution in [0.25, 0.3) is 0 Å². The van der Waals surface area contributed by atoms with Crippen LogP contribution >= 0.6 is 0 Å². The van der Waals surface area contributed by atoms with Gasteiger partial charge in [0.1, 0.15) is 18.3 Å². The summed E-state index contributed by atoms with van der Waals surface area (Å²) in [5, 5.41) is 38.5. The Hall–Kier alpha value is -0.690. The molecule has 1 fully saturated rings. The molecule has 0 aromatic carbocycles. The number of unbranched alkanes of at least 4 members (excludes halogenated alkanes) is 6. The predicted molar refractivity (Wildman–Crippen MR) is 78.6 cm³/mol. The van der Waals surface area contributed by atoms with Crippen LogP contribution in [-0.2, 0) is 4.79 Å². The minimum atomic E-state index is -1.67. The second-order valence-corrected chi connectivity index (χ2v) is 5.90. The van der Waals surface area contributed by atoms with Crippen LogP contribution in [0.3, 0.4) is 0 Å². The molecule has 0 aromatic heterocycles. The molecule has 0 spiro atoms. The van der Waals surface area contributed by atoms with Gasteiger partial charge in [0.2, 0.25) is 0 Å². The number of hydrogen-bond acceptors (Lipinski definition) is 5. The highest BCUT2D eigenvalue weighted by Gasteiger charge is 2.41. The molecule has 6 heteroatoms. The van der Waals surface area contributed by atoms with E-state index in [1.165, 1.54) is 30.6 Å². The van der Waals surface area contributed by atoms with E-state index in [-0.39, 0.29) is 6.54 Å². The number of likely N-dealkylation sites (tertiary alicyclic amines) is 1. The number of amides is 1. The van der Waals surface area contributed by atoms with E-state index in [0.29, 0.717) is 6.54 Å². The molecule has 1 heterocycles. The van der Waals surface area contributed by atoms with E-state index in [4.69, 9.17) is 0 Å². The van der Waals surface area contributed by atoms with Crippen molar-refractivity contribution in [2.24, 2.45) is 0 Å². The Labute approximate surface area is 126 Å². The van der Waals surface area contributed by atoms with Crippen molar-refractivity contribution >= 4 is 5.91 Å². The van der Waals surface area contributed by atoms with Crippen LogP contribution in [0.15, 0.2) is 0 Å². The third-order valence-electron chi connectivity index (χ3n) is 4.07. The van der Waals surface area contributed by atoms with Crippen molar-refractivity contribution in [1.82, 2.24) is 4.90 Å². The molecule has 0 aromatic rings. The lowest BCUT2D eigenvalue weighted by Gasteiger charge is -2.23. The van der Waals surface area contributed by atoms with Gasteiger partial charge in [-0.2, -0.15) is 0 Å². The van der Waals surface area contributed by atoms with Crippen LogP contribution in [0.5, 0.6) is 0 Å². The van der Waals surface area contributed by atoms with E-state index in [1.54, 1.807) is 0 Å². The Morgan fingerprint density at radius 3 is 2.14 bits per heavy atom. The van der Waals surface area contributed by atoms with Crippen LogP contribution in [-0.4, -0.2) is 68.7 Å². The highest BCUT2D eigenvalue weighted by Crippen LogP contribution is 2.16. The third kappa shape index (κ3) is 5.54. The first-order valence-electron chi connectivity index (χ1n) is 8.00. The average Bonchev–Trinajstić information content (AvgIpc) is 2.54. The average molecular weight is 303 g/mol. The summed E-state index contributed by atoms with van der Waals surface area (Å²) in [6, 6.07) is 0. The lowest BCUT2D eigenvalue weighted by Crippen LogP contribution is -2.45. The highest BCUT2D eigenvalue weighted by molar-refractivity contribution is 5.81. The molecule has 1 saturated heterocycles. The fraction of sp³-hybridized carbons (Fsp3) is 0.933. The van der Waals surface area contributed by atoms with Crippen LogP contribution < -0.4 is 0 Å². The van der Waals surface area contributed by atoms with Gasteiger partial charge in [-0.3, -0.25) is 4.79 Å². The van der Waals surface area contributed by atoms with Gasteiger partial charge in [-0.1, -0.05) is 45.4 Å². The molecule has 4 atom stereocenters. The molecule has 0 aliphatic carbocycles. The molecule has 4 N–H and O–H groups in total. The number of rotatable bonds is 8. The smallest absolute Gasteiger partial charge is 0.254 e. The summed E-state index contributed by atoms with van der Waals surface area (Å²) in [5.74, 6) is -0.621. The second kappa shape index (κ2) is 9.35. The van der Waals surface area contributed by atoms with Crippen LogP contribution in [0.4, 0.5) is 0 Å². The van der Waals surface area contributed by atoms with Gasteiger partial charge in [0.15, 0.2) is 6.10 Å². The standard InChI is InChI=1S/C15H29NO5/c1-2-3-4-5-6-7-8-9-16-10-11(17)12(18)13(19)14(20)15(16)21/h11-14,17-20H,2-10H2,1H3/t11-,12-,13+,14-/m1/s1. The minimum Gasteiger partial charge on any atom is -0.388 e. The summed E-state index contributed by atoms with van der Waals surface area (Å²) in [4.78, 5) is 13.3. The molecule has 1 rings (SSSR count). The Balaban J connectivity index is 2.34. The highest BCUT2D eigenvalue weighted by atomic mass is 16.4. The largest absolute Gasteiger partial charge is 0.388 e. The fourth-order valence-electron chi connectivity index (χ4n) is 2.63. The van der Waals surface area contributed by atoms with Crippen LogP contribution in [0.1, 0.15) is 51.9 Å². The zero-order chi connectivity index (χ0) is 15.8. The van der Waals surface area contributed by atoms with Crippen molar-refractivity contribution in [3.05, 3.63) is 0 Å². The number of nitrogens with zero attached hydrogens (tertiary/aromatic N) is 1. The normalized spacial score (nSPS) is 30.5. The molecule has 0 unspecified atom stereocenters. The number of carbonyl (C=O) groups excluding carboxylic acids is 1. The summed E-state index contributed by atoms with van der Waals surface area (Å²) >= 11 is 0. The molecule has 0 bridgehead atoms. The van der Waals surface area contributed by atoms with Gasteiger partial charge in [-0.25, -0.2) is 0 Å². The first-order valence-corrected chi connectivity index (χ1v) is 8.00. The van der Waals surface area contributed by atoms with Crippen molar-refractivity contribution in [1.29, 1.82) is 0 Å². The molecular weight excluding hydrogens is 274 g/mol. The van der Waals surface area contributed by atoms with Gasteiger partial charge in [-0.05, 0) is 6.42 Å². The number of aliphatic hydroxyl groups excluding tert-OH is 4.